The van der Waals surface area contributed by atoms with E-state index in [4.69, 9.17) is 0 Å². The third-order valence-corrected chi connectivity index (χ3v) is 4.18. The molecule has 0 aliphatic heterocycles. The number of benzene rings is 2. The Kier molecular flexibility index (Phi) is 4.11. The van der Waals surface area contributed by atoms with E-state index in [0.29, 0.717) is 11.3 Å². The van der Waals surface area contributed by atoms with Crippen molar-refractivity contribution in [3.63, 3.8) is 0 Å². The number of nitrogens with zero attached hydrogens (tertiary/aromatic N) is 2. The number of aromatic nitrogens is 2. The van der Waals surface area contributed by atoms with E-state index in [1.54, 1.807) is 6.33 Å². The first kappa shape index (κ1) is 14.6. The topological polar surface area (TPSA) is 34.9 Å². The van der Waals surface area contributed by atoms with E-state index in [2.05, 4.69) is 4.98 Å². The van der Waals surface area contributed by atoms with Crippen molar-refractivity contribution < 1.29 is 4.79 Å². The zero-order chi connectivity index (χ0) is 15.5. The average molecular weight is 308 g/mol. The SMILES string of the molecule is CSc1ncn(-c2ccc(C)cc2)c1C(=O)c1ccccc1. The Hall–Kier alpha value is -2.33. The van der Waals surface area contributed by atoms with Crippen LogP contribution in [0.25, 0.3) is 5.69 Å². The van der Waals surface area contributed by atoms with Gasteiger partial charge in [-0.25, -0.2) is 4.98 Å². The van der Waals surface area contributed by atoms with Gasteiger partial charge in [0.2, 0.25) is 5.78 Å². The van der Waals surface area contributed by atoms with Gasteiger partial charge in [-0.1, -0.05) is 48.0 Å². The van der Waals surface area contributed by atoms with Gasteiger partial charge in [0.15, 0.2) is 0 Å². The maximum atomic E-state index is 12.9. The normalized spacial score (nSPS) is 10.6. The van der Waals surface area contributed by atoms with Gasteiger partial charge in [-0.15, -0.1) is 11.8 Å². The van der Waals surface area contributed by atoms with E-state index in [-0.39, 0.29) is 5.78 Å². The van der Waals surface area contributed by atoms with Crippen molar-refractivity contribution in [2.75, 3.05) is 6.26 Å². The second kappa shape index (κ2) is 6.20. The Bertz CT molecular complexity index is 792. The molecule has 3 rings (SSSR count). The van der Waals surface area contributed by atoms with E-state index < -0.39 is 0 Å². The molecular weight excluding hydrogens is 292 g/mol. The van der Waals surface area contributed by atoms with Crippen LogP contribution in [0, 0.1) is 6.92 Å². The summed E-state index contributed by atoms with van der Waals surface area (Å²) >= 11 is 1.48. The summed E-state index contributed by atoms with van der Waals surface area (Å²) in [5.74, 6) is -0.0111. The van der Waals surface area contributed by atoms with Crippen LogP contribution in [0.5, 0.6) is 0 Å². The summed E-state index contributed by atoms with van der Waals surface area (Å²) in [6, 6.07) is 17.4. The molecule has 0 spiro atoms. The third-order valence-electron chi connectivity index (χ3n) is 3.49. The molecule has 0 radical (unpaired) electrons. The molecule has 1 heterocycles. The lowest BCUT2D eigenvalue weighted by atomic mass is 10.1. The highest BCUT2D eigenvalue weighted by Gasteiger charge is 2.20. The third kappa shape index (κ3) is 2.70. The summed E-state index contributed by atoms with van der Waals surface area (Å²) in [6.45, 7) is 2.04. The van der Waals surface area contributed by atoms with Gasteiger partial charge >= 0.3 is 0 Å². The number of carbonyl (C=O) groups is 1. The lowest BCUT2D eigenvalue weighted by Crippen LogP contribution is -2.09. The van der Waals surface area contributed by atoms with Gasteiger partial charge in [0.1, 0.15) is 17.0 Å². The second-order valence-electron chi connectivity index (χ2n) is 5.00. The van der Waals surface area contributed by atoms with Gasteiger partial charge in [-0.3, -0.25) is 9.36 Å². The van der Waals surface area contributed by atoms with Crippen molar-refractivity contribution >= 4 is 17.5 Å². The molecule has 0 unspecified atom stereocenters. The van der Waals surface area contributed by atoms with Crippen LogP contribution in [-0.4, -0.2) is 21.6 Å². The first-order valence-corrected chi connectivity index (χ1v) is 8.21. The van der Waals surface area contributed by atoms with E-state index in [1.165, 1.54) is 17.3 Å². The van der Waals surface area contributed by atoms with E-state index >= 15 is 0 Å². The van der Waals surface area contributed by atoms with Crippen LogP contribution >= 0.6 is 11.8 Å². The van der Waals surface area contributed by atoms with Gasteiger partial charge in [-0.2, -0.15) is 0 Å². The summed E-state index contributed by atoms with van der Waals surface area (Å²) in [4.78, 5) is 17.3. The second-order valence-corrected chi connectivity index (χ2v) is 5.80. The fourth-order valence-electron chi connectivity index (χ4n) is 2.32. The lowest BCUT2D eigenvalue weighted by molar-refractivity contribution is 0.102. The maximum Gasteiger partial charge on any atom is 0.212 e. The van der Waals surface area contributed by atoms with Crippen LogP contribution in [0.15, 0.2) is 66.0 Å². The van der Waals surface area contributed by atoms with Gasteiger partial charge in [0.05, 0.1) is 0 Å². The minimum atomic E-state index is -0.0111. The molecule has 4 heteroatoms. The predicted octanol–water partition coefficient (Wildman–Crippen LogP) is 4.13. The minimum absolute atomic E-state index is 0.0111. The molecule has 110 valence electrons. The van der Waals surface area contributed by atoms with Crippen LogP contribution in [-0.2, 0) is 0 Å². The molecule has 0 saturated carbocycles. The number of carbonyl (C=O) groups excluding carboxylic acids is 1. The Balaban J connectivity index is 2.12. The highest BCUT2D eigenvalue weighted by Crippen LogP contribution is 2.24. The molecule has 0 amide bonds. The summed E-state index contributed by atoms with van der Waals surface area (Å²) in [5, 5.41) is 0.745. The Labute approximate surface area is 134 Å². The monoisotopic (exact) mass is 308 g/mol. The summed E-state index contributed by atoms with van der Waals surface area (Å²) < 4.78 is 1.86. The van der Waals surface area contributed by atoms with Crippen LogP contribution in [0.3, 0.4) is 0 Å². The van der Waals surface area contributed by atoms with Crippen LogP contribution in [0.4, 0.5) is 0 Å². The molecule has 1 aromatic heterocycles. The first-order valence-electron chi connectivity index (χ1n) is 6.99. The number of imidazole rings is 1. The molecular formula is C18H16N2OS. The fraction of sp³-hybridized carbons (Fsp3) is 0.111. The number of hydrogen-bond acceptors (Lipinski definition) is 3. The van der Waals surface area contributed by atoms with Crippen molar-refractivity contribution in [1.82, 2.24) is 9.55 Å². The smallest absolute Gasteiger partial charge is 0.212 e. The van der Waals surface area contributed by atoms with Crippen molar-refractivity contribution in [3.8, 4) is 5.69 Å². The number of aryl methyl sites for hydroxylation is 1. The Morgan fingerprint density at radius 3 is 2.36 bits per heavy atom. The molecule has 0 bridgehead atoms. The van der Waals surface area contributed by atoms with Crippen molar-refractivity contribution in [2.45, 2.75) is 11.9 Å². The van der Waals surface area contributed by atoms with Crippen LogP contribution in [0.1, 0.15) is 21.6 Å². The molecule has 3 aromatic rings. The lowest BCUT2D eigenvalue weighted by Gasteiger charge is -2.09. The molecule has 2 aromatic carbocycles. The molecule has 0 N–H and O–H groups in total. The molecule has 0 aliphatic rings. The fourth-order valence-corrected chi connectivity index (χ4v) is 2.85. The number of ketones is 1. The zero-order valence-electron chi connectivity index (χ0n) is 12.5. The number of hydrogen-bond donors (Lipinski definition) is 0. The Morgan fingerprint density at radius 2 is 1.73 bits per heavy atom. The van der Waals surface area contributed by atoms with Crippen LogP contribution in [0.2, 0.25) is 0 Å². The minimum Gasteiger partial charge on any atom is -0.295 e. The first-order chi connectivity index (χ1) is 10.7. The van der Waals surface area contributed by atoms with Gasteiger partial charge in [0.25, 0.3) is 0 Å². The predicted molar refractivity (Wildman–Crippen MR) is 90.0 cm³/mol. The highest BCUT2D eigenvalue weighted by molar-refractivity contribution is 7.98. The van der Waals surface area contributed by atoms with E-state index in [9.17, 15) is 4.79 Å². The zero-order valence-corrected chi connectivity index (χ0v) is 13.3. The van der Waals surface area contributed by atoms with Gasteiger partial charge in [0, 0.05) is 11.3 Å². The highest BCUT2D eigenvalue weighted by atomic mass is 32.2. The molecule has 0 fully saturated rings. The quantitative estimate of drug-likeness (QED) is 0.537. The molecule has 3 nitrogen and oxygen atoms in total. The van der Waals surface area contributed by atoms with Crippen molar-refractivity contribution in [3.05, 3.63) is 77.7 Å². The van der Waals surface area contributed by atoms with Crippen molar-refractivity contribution in [2.24, 2.45) is 0 Å². The summed E-state index contributed by atoms with van der Waals surface area (Å²) in [6.07, 6.45) is 3.65. The summed E-state index contributed by atoms with van der Waals surface area (Å²) in [5.41, 5.74) is 3.41. The van der Waals surface area contributed by atoms with Gasteiger partial charge in [-0.05, 0) is 25.3 Å². The van der Waals surface area contributed by atoms with E-state index in [0.717, 1.165) is 10.7 Å². The Morgan fingerprint density at radius 1 is 1.05 bits per heavy atom. The number of rotatable bonds is 4. The number of thioether (sulfide) groups is 1. The molecule has 0 atom stereocenters. The maximum absolute atomic E-state index is 12.9. The standard InChI is InChI=1S/C18H16N2OS/c1-13-8-10-15(11-9-13)20-12-19-18(22-2)16(20)17(21)14-6-4-3-5-7-14/h3-12H,1-2H3. The molecule has 0 aliphatic carbocycles. The molecule has 22 heavy (non-hydrogen) atoms. The van der Waals surface area contributed by atoms with Gasteiger partial charge < -0.3 is 0 Å². The van der Waals surface area contributed by atoms with E-state index in [1.807, 2.05) is 72.3 Å². The van der Waals surface area contributed by atoms with Crippen molar-refractivity contribution in [1.29, 1.82) is 0 Å². The average Bonchev–Trinajstić information content (AvgIpc) is 2.99. The largest absolute Gasteiger partial charge is 0.295 e. The van der Waals surface area contributed by atoms with Crippen LogP contribution < -0.4 is 0 Å². The molecule has 0 saturated heterocycles. The summed E-state index contributed by atoms with van der Waals surface area (Å²) in [7, 11) is 0.